The zero-order chi connectivity index (χ0) is 20.0. The van der Waals surface area contributed by atoms with E-state index in [2.05, 4.69) is 16.8 Å². The lowest BCUT2D eigenvalue weighted by Crippen LogP contribution is -2.61. The Bertz CT molecular complexity index is 1080. The molecule has 1 unspecified atom stereocenters. The molecule has 3 heterocycles. The van der Waals surface area contributed by atoms with Gasteiger partial charge in [0.2, 0.25) is 16.0 Å². The highest BCUT2D eigenvalue weighted by Crippen LogP contribution is 2.45. The molecule has 0 saturated carbocycles. The van der Waals surface area contributed by atoms with Gasteiger partial charge in [0.05, 0.1) is 21.2 Å². The van der Waals surface area contributed by atoms with E-state index < -0.39 is 15.6 Å². The van der Waals surface area contributed by atoms with Crippen molar-refractivity contribution in [2.75, 3.05) is 19.8 Å². The third-order valence-electron chi connectivity index (χ3n) is 4.70. The summed E-state index contributed by atoms with van der Waals surface area (Å²) in [4.78, 5) is 7.45. The van der Waals surface area contributed by atoms with E-state index in [1.165, 1.54) is 18.4 Å². The van der Waals surface area contributed by atoms with Crippen molar-refractivity contribution in [3.8, 4) is 22.3 Å². The molecular formula is C18H19ClN4O2S2. The molecule has 1 aliphatic heterocycles. The SMILES string of the molecule is CC#Cc1cncc(-c2cc(Cl)c(C3(C)CS(=O)(=O)N(C)C(=N)N3C)s2)c1. The molecule has 0 spiro atoms. The highest BCUT2D eigenvalue weighted by Gasteiger charge is 2.48. The average molecular weight is 423 g/mol. The minimum absolute atomic E-state index is 0.0864. The number of thiophene rings is 1. The summed E-state index contributed by atoms with van der Waals surface area (Å²) in [7, 11) is -0.500. The molecule has 3 rings (SSSR count). The predicted octanol–water partition coefficient (Wildman–Crippen LogP) is 3.19. The molecule has 1 atom stereocenters. The molecule has 6 nitrogen and oxygen atoms in total. The van der Waals surface area contributed by atoms with Gasteiger partial charge in [-0.25, -0.2) is 12.7 Å². The number of halogens is 1. The molecule has 1 N–H and O–H groups in total. The number of pyridine rings is 1. The molecule has 27 heavy (non-hydrogen) atoms. The molecule has 0 aliphatic carbocycles. The molecular weight excluding hydrogens is 404 g/mol. The van der Waals surface area contributed by atoms with Crippen LogP contribution < -0.4 is 0 Å². The van der Waals surface area contributed by atoms with Gasteiger partial charge in [0.1, 0.15) is 0 Å². The Balaban J connectivity index is 2.09. The molecule has 1 fully saturated rings. The van der Waals surface area contributed by atoms with Crippen LogP contribution in [0.4, 0.5) is 0 Å². The summed E-state index contributed by atoms with van der Waals surface area (Å²) in [6.45, 7) is 3.56. The van der Waals surface area contributed by atoms with Crippen LogP contribution in [0.5, 0.6) is 0 Å². The van der Waals surface area contributed by atoms with E-state index in [4.69, 9.17) is 17.0 Å². The van der Waals surface area contributed by atoms with Crippen molar-refractivity contribution in [3.05, 3.63) is 40.0 Å². The summed E-state index contributed by atoms with van der Waals surface area (Å²) in [5.74, 6) is 5.58. The van der Waals surface area contributed by atoms with Crippen molar-refractivity contribution in [2.45, 2.75) is 19.4 Å². The highest BCUT2D eigenvalue weighted by molar-refractivity contribution is 7.89. The minimum atomic E-state index is -3.60. The summed E-state index contributed by atoms with van der Waals surface area (Å²) >= 11 is 7.93. The van der Waals surface area contributed by atoms with Crippen molar-refractivity contribution in [1.29, 1.82) is 5.41 Å². The second kappa shape index (κ2) is 6.82. The number of aromatic nitrogens is 1. The molecule has 1 saturated heterocycles. The summed E-state index contributed by atoms with van der Waals surface area (Å²) in [5.41, 5.74) is 0.731. The summed E-state index contributed by atoms with van der Waals surface area (Å²) in [6.07, 6.45) is 3.42. The Kier molecular flexibility index (Phi) is 4.97. The fraction of sp³-hybridized carbons (Fsp3) is 0.333. The van der Waals surface area contributed by atoms with Gasteiger partial charge in [-0.15, -0.1) is 17.3 Å². The van der Waals surface area contributed by atoms with Crippen LogP contribution in [-0.4, -0.2) is 48.4 Å². The van der Waals surface area contributed by atoms with Crippen LogP contribution >= 0.6 is 22.9 Å². The molecule has 0 bridgehead atoms. The maximum Gasteiger partial charge on any atom is 0.239 e. The molecule has 0 amide bonds. The molecule has 2 aromatic heterocycles. The lowest BCUT2D eigenvalue weighted by molar-refractivity contribution is 0.231. The number of hydrogen-bond donors (Lipinski definition) is 1. The van der Waals surface area contributed by atoms with Gasteiger partial charge in [-0.3, -0.25) is 10.4 Å². The van der Waals surface area contributed by atoms with Crippen LogP contribution in [-0.2, 0) is 15.6 Å². The van der Waals surface area contributed by atoms with E-state index in [9.17, 15) is 8.42 Å². The maximum absolute atomic E-state index is 12.5. The maximum atomic E-state index is 12.5. The zero-order valence-corrected chi connectivity index (χ0v) is 17.8. The van der Waals surface area contributed by atoms with Crippen LogP contribution in [0, 0.1) is 17.3 Å². The Morgan fingerprint density at radius 1 is 1.33 bits per heavy atom. The number of hydrogen-bond acceptors (Lipinski definition) is 5. The Hall–Kier alpha value is -2.08. The van der Waals surface area contributed by atoms with Crippen molar-refractivity contribution < 1.29 is 8.42 Å². The fourth-order valence-electron chi connectivity index (χ4n) is 3.01. The third-order valence-corrected chi connectivity index (χ3v) is 8.49. The van der Waals surface area contributed by atoms with Gasteiger partial charge in [-0.2, -0.15) is 0 Å². The first-order valence-electron chi connectivity index (χ1n) is 8.07. The molecule has 2 aromatic rings. The van der Waals surface area contributed by atoms with Crippen LogP contribution in [0.1, 0.15) is 24.3 Å². The molecule has 0 aromatic carbocycles. The third kappa shape index (κ3) is 3.31. The first-order chi connectivity index (χ1) is 12.6. The molecule has 1 aliphatic rings. The fourth-order valence-corrected chi connectivity index (χ4v) is 6.43. The van der Waals surface area contributed by atoms with Crippen LogP contribution in [0.3, 0.4) is 0 Å². The first kappa shape index (κ1) is 19.7. The van der Waals surface area contributed by atoms with Gasteiger partial charge >= 0.3 is 0 Å². The van der Waals surface area contributed by atoms with Crippen molar-refractivity contribution >= 4 is 38.9 Å². The lowest BCUT2D eigenvalue weighted by Gasteiger charge is -2.46. The summed E-state index contributed by atoms with van der Waals surface area (Å²) in [5, 5.41) is 8.66. The van der Waals surface area contributed by atoms with E-state index in [0.717, 1.165) is 20.3 Å². The largest absolute Gasteiger partial charge is 0.334 e. The van der Waals surface area contributed by atoms with Gasteiger partial charge in [0, 0.05) is 42.5 Å². The number of nitrogens with zero attached hydrogens (tertiary/aromatic N) is 3. The van der Waals surface area contributed by atoms with E-state index >= 15 is 0 Å². The summed E-state index contributed by atoms with van der Waals surface area (Å²) in [6, 6.07) is 3.74. The smallest absolute Gasteiger partial charge is 0.239 e. The van der Waals surface area contributed by atoms with Crippen molar-refractivity contribution in [2.24, 2.45) is 0 Å². The Morgan fingerprint density at radius 3 is 2.70 bits per heavy atom. The van der Waals surface area contributed by atoms with Crippen molar-refractivity contribution in [3.63, 3.8) is 0 Å². The molecule has 9 heteroatoms. The second-order valence-electron chi connectivity index (χ2n) is 6.51. The van der Waals surface area contributed by atoms with E-state index in [0.29, 0.717) is 9.90 Å². The predicted molar refractivity (Wildman–Crippen MR) is 110 cm³/mol. The number of nitrogens with one attached hydrogen (secondary N) is 1. The van der Waals surface area contributed by atoms with Gasteiger partial charge in [0.25, 0.3) is 0 Å². The Morgan fingerprint density at radius 2 is 2.04 bits per heavy atom. The monoisotopic (exact) mass is 422 g/mol. The van der Waals surface area contributed by atoms with E-state index in [1.54, 1.807) is 38.2 Å². The van der Waals surface area contributed by atoms with Gasteiger partial charge < -0.3 is 4.90 Å². The molecule has 142 valence electrons. The Labute approximate surface area is 168 Å². The van der Waals surface area contributed by atoms with Crippen LogP contribution in [0.25, 0.3) is 10.4 Å². The van der Waals surface area contributed by atoms with Crippen LogP contribution in [0.2, 0.25) is 5.02 Å². The van der Waals surface area contributed by atoms with E-state index in [-0.39, 0.29) is 11.7 Å². The number of rotatable bonds is 2. The van der Waals surface area contributed by atoms with E-state index in [1.807, 2.05) is 12.1 Å². The van der Waals surface area contributed by atoms with Gasteiger partial charge in [-0.05, 0) is 26.0 Å². The molecule has 0 radical (unpaired) electrons. The number of guanidine groups is 1. The first-order valence-corrected chi connectivity index (χ1v) is 10.9. The second-order valence-corrected chi connectivity index (χ2v) is 9.96. The normalized spacial score (nSPS) is 21.7. The van der Waals surface area contributed by atoms with Crippen molar-refractivity contribution in [1.82, 2.24) is 14.2 Å². The van der Waals surface area contributed by atoms with Gasteiger partial charge in [0.15, 0.2) is 0 Å². The standard InChI is InChI=1S/C18H19ClN4O2S2/c1-5-6-12-7-13(10-21-9-12)15-8-14(19)16(26-15)18(2)11-27(24,25)23(4)17(20)22(18)3/h7-10,20H,11H2,1-4H3. The topological polar surface area (TPSA) is 77.4 Å². The lowest BCUT2D eigenvalue weighted by atomic mass is 10.0. The summed E-state index contributed by atoms with van der Waals surface area (Å²) < 4.78 is 26.0. The minimum Gasteiger partial charge on any atom is -0.334 e. The quantitative estimate of drug-likeness (QED) is 0.754. The average Bonchev–Trinajstić information content (AvgIpc) is 3.01. The van der Waals surface area contributed by atoms with Gasteiger partial charge in [-0.1, -0.05) is 17.5 Å². The zero-order valence-electron chi connectivity index (χ0n) is 15.4. The number of sulfonamides is 1. The van der Waals surface area contributed by atoms with Crippen LogP contribution in [0.15, 0.2) is 24.5 Å². The highest BCUT2D eigenvalue weighted by atomic mass is 35.5.